The molecule has 7 heteroatoms. The van der Waals surface area contributed by atoms with Gasteiger partial charge in [0.25, 0.3) is 0 Å². The van der Waals surface area contributed by atoms with Crippen molar-refractivity contribution in [2.24, 2.45) is 11.8 Å². The van der Waals surface area contributed by atoms with Crippen LogP contribution >= 0.6 is 0 Å². The Morgan fingerprint density at radius 2 is 2.00 bits per heavy atom. The van der Waals surface area contributed by atoms with Crippen molar-refractivity contribution in [3.05, 3.63) is 29.3 Å². The number of benzene rings is 1. The van der Waals surface area contributed by atoms with E-state index in [0.717, 1.165) is 17.5 Å². The number of nitrogens with zero attached hydrogens (tertiary/aromatic N) is 1. The van der Waals surface area contributed by atoms with E-state index in [1.54, 1.807) is 0 Å². The Bertz CT molecular complexity index is 808. The molecule has 4 atom stereocenters. The van der Waals surface area contributed by atoms with Gasteiger partial charge in [-0.05, 0) is 25.0 Å². The lowest BCUT2D eigenvalue weighted by molar-refractivity contribution is -0.143. The third-order valence-corrected chi connectivity index (χ3v) is 5.95. The van der Waals surface area contributed by atoms with Gasteiger partial charge in [-0.1, -0.05) is 19.1 Å². The molecule has 0 aromatic heterocycles. The van der Waals surface area contributed by atoms with Crippen LogP contribution < -0.4 is 10.6 Å². The maximum absolute atomic E-state index is 13.1. The molecular formula is C19H23N3O4. The molecule has 26 heavy (non-hydrogen) atoms. The highest BCUT2D eigenvalue weighted by molar-refractivity contribution is 6.15. The molecule has 2 fully saturated rings. The van der Waals surface area contributed by atoms with Gasteiger partial charge < -0.3 is 10.1 Å². The molecule has 3 amide bonds. The molecule has 2 saturated heterocycles. The predicted octanol–water partition coefficient (Wildman–Crippen LogP) is 0.636. The number of nitrogens with one attached hydrogen (secondary N) is 2. The number of anilines is 1. The Balaban J connectivity index is 1.83. The number of ether oxygens (including phenoxy) is 1. The Hall–Kier alpha value is -2.25. The highest BCUT2D eigenvalue weighted by atomic mass is 16.5. The molecule has 3 aliphatic heterocycles. The Labute approximate surface area is 152 Å². The summed E-state index contributed by atoms with van der Waals surface area (Å²) >= 11 is 0. The van der Waals surface area contributed by atoms with Crippen molar-refractivity contribution in [2.75, 3.05) is 25.6 Å². The van der Waals surface area contributed by atoms with Crippen LogP contribution in [-0.4, -0.2) is 48.9 Å². The SMILES string of the molecule is CCc1ccc2c(c1)C1(NC(C)C3C(=O)N(CCOC)C(=O)C31)C(=O)N2. The molecule has 2 N–H and O–H groups in total. The Morgan fingerprint density at radius 1 is 1.23 bits per heavy atom. The quantitative estimate of drug-likeness (QED) is 0.772. The Kier molecular flexibility index (Phi) is 3.89. The number of likely N-dealkylation sites (tertiary alicyclic amines) is 1. The summed E-state index contributed by atoms with van der Waals surface area (Å²) in [6.07, 6.45) is 0.827. The maximum atomic E-state index is 13.1. The van der Waals surface area contributed by atoms with Crippen molar-refractivity contribution in [2.45, 2.75) is 31.8 Å². The number of fused-ring (bicyclic) bond motifs is 4. The molecular weight excluding hydrogens is 334 g/mol. The topological polar surface area (TPSA) is 87.7 Å². The maximum Gasteiger partial charge on any atom is 0.250 e. The first-order valence-corrected chi connectivity index (χ1v) is 9.02. The molecule has 0 bridgehead atoms. The lowest BCUT2D eigenvalue weighted by Gasteiger charge is -2.29. The second-order valence-corrected chi connectivity index (χ2v) is 7.25. The number of hydrogen-bond donors (Lipinski definition) is 2. The molecule has 138 valence electrons. The Morgan fingerprint density at radius 3 is 2.69 bits per heavy atom. The van der Waals surface area contributed by atoms with Gasteiger partial charge in [-0.15, -0.1) is 0 Å². The van der Waals surface area contributed by atoms with Crippen LogP contribution in [-0.2, 0) is 31.1 Å². The molecule has 0 saturated carbocycles. The van der Waals surface area contributed by atoms with Crippen LogP contribution in [0.1, 0.15) is 25.0 Å². The van der Waals surface area contributed by atoms with Crippen molar-refractivity contribution >= 4 is 23.4 Å². The molecule has 4 rings (SSSR count). The molecule has 1 aromatic rings. The van der Waals surface area contributed by atoms with E-state index in [-0.39, 0.29) is 36.9 Å². The van der Waals surface area contributed by atoms with Crippen molar-refractivity contribution in [3.63, 3.8) is 0 Å². The van der Waals surface area contributed by atoms with Gasteiger partial charge in [0.05, 0.1) is 25.0 Å². The molecule has 4 unspecified atom stereocenters. The van der Waals surface area contributed by atoms with Crippen molar-refractivity contribution in [1.29, 1.82) is 0 Å². The van der Waals surface area contributed by atoms with Crippen LogP contribution in [0, 0.1) is 11.8 Å². The van der Waals surface area contributed by atoms with Gasteiger partial charge in [-0.2, -0.15) is 0 Å². The number of methoxy groups -OCH3 is 1. The van der Waals surface area contributed by atoms with Gasteiger partial charge >= 0.3 is 0 Å². The van der Waals surface area contributed by atoms with E-state index in [4.69, 9.17) is 4.74 Å². The molecule has 1 spiro atoms. The summed E-state index contributed by atoms with van der Waals surface area (Å²) in [5.41, 5.74) is 1.39. The summed E-state index contributed by atoms with van der Waals surface area (Å²) in [7, 11) is 1.53. The van der Waals surface area contributed by atoms with Crippen molar-refractivity contribution in [3.8, 4) is 0 Å². The monoisotopic (exact) mass is 357 g/mol. The third-order valence-electron chi connectivity index (χ3n) is 5.95. The van der Waals surface area contributed by atoms with Gasteiger partial charge in [0.15, 0.2) is 0 Å². The number of imide groups is 1. The minimum Gasteiger partial charge on any atom is -0.383 e. The first kappa shape index (κ1) is 17.2. The van der Waals surface area contributed by atoms with Crippen LogP contribution in [0.2, 0.25) is 0 Å². The molecule has 0 radical (unpaired) electrons. The average Bonchev–Trinajstić information content (AvgIpc) is 3.18. The number of carbonyl (C=O) groups is 3. The highest BCUT2D eigenvalue weighted by Crippen LogP contribution is 2.52. The van der Waals surface area contributed by atoms with Gasteiger partial charge in [0.1, 0.15) is 5.54 Å². The smallest absolute Gasteiger partial charge is 0.250 e. The zero-order chi connectivity index (χ0) is 18.6. The number of rotatable bonds is 4. The standard InChI is InChI=1S/C19H23N3O4/c1-4-11-5-6-13-12(9-11)19(18(25)20-13)15-14(10(2)21-19)16(23)22(17(15)24)7-8-26-3/h5-6,9-10,14-15,21H,4,7-8H2,1-3H3,(H,20,25). The third kappa shape index (κ3) is 2.04. The fraction of sp³-hybridized carbons (Fsp3) is 0.526. The summed E-state index contributed by atoms with van der Waals surface area (Å²) in [6, 6.07) is 5.56. The summed E-state index contributed by atoms with van der Waals surface area (Å²) in [5.74, 6) is -2.04. The van der Waals surface area contributed by atoms with Crippen LogP contribution in [0.25, 0.3) is 0 Å². The minimum atomic E-state index is -1.18. The minimum absolute atomic E-state index is 0.216. The van der Waals surface area contributed by atoms with E-state index in [1.165, 1.54) is 12.0 Å². The van der Waals surface area contributed by atoms with E-state index in [0.29, 0.717) is 5.69 Å². The van der Waals surface area contributed by atoms with Gasteiger partial charge in [-0.25, -0.2) is 0 Å². The summed E-state index contributed by atoms with van der Waals surface area (Å²) in [5, 5.41) is 6.21. The van der Waals surface area contributed by atoms with E-state index in [9.17, 15) is 14.4 Å². The second kappa shape index (κ2) is 5.89. The summed E-state index contributed by atoms with van der Waals surface area (Å²) in [6.45, 7) is 4.41. The van der Waals surface area contributed by atoms with Gasteiger partial charge in [0, 0.05) is 24.4 Å². The van der Waals surface area contributed by atoms with Crippen LogP contribution in [0.3, 0.4) is 0 Å². The largest absolute Gasteiger partial charge is 0.383 e. The van der Waals surface area contributed by atoms with Crippen molar-refractivity contribution < 1.29 is 19.1 Å². The lowest BCUT2D eigenvalue weighted by Crippen LogP contribution is -2.53. The molecule has 3 aliphatic rings. The fourth-order valence-electron chi connectivity index (χ4n) is 4.69. The number of carbonyl (C=O) groups excluding carboxylic acids is 3. The van der Waals surface area contributed by atoms with Crippen LogP contribution in [0.15, 0.2) is 18.2 Å². The number of amides is 3. The first-order chi connectivity index (χ1) is 12.5. The van der Waals surface area contributed by atoms with E-state index in [1.807, 2.05) is 32.0 Å². The predicted molar refractivity (Wildman–Crippen MR) is 94.3 cm³/mol. The first-order valence-electron chi connectivity index (χ1n) is 9.02. The highest BCUT2D eigenvalue weighted by Gasteiger charge is 2.69. The molecule has 3 heterocycles. The molecule has 0 aliphatic carbocycles. The van der Waals surface area contributed by atoms with Gasteiger partial charge in [-0.3, -0.25) is 24.6 Å². The van der Waals surface area contributed by atoms with E-state index in [2.05, 4.69) is 10.6 Å². The normalized spacial score (nSPS) is 32.3. The van der Waals surface area contributed by atoms with Gasteiger partial charge in [0.2, 0.25) is 17.7 Å². The fourth-order valence-corrected chi connectivity index (χ4v) is 4.69. The van der Waals surface area contributed by atoms with Crippen LogP contribution in [0.5, 0.6) is 0 Å². The summed E-state index contributed by atoms with van der Waals surface area (Å²) in [4.78, 5) is 40.3. The van der Waals surface area contributed by atoms with E-state index < -0.39 is 17.4 Å². The number of hydrogen-bond acceptors (Lipinski definition) is 5. The van der Waals surface area contributed by atoms with Crippen molar-refractivity contribution in [1.82, 2.24) is 10.2 Å². The van der Waals surface area contributed by atoms with E-state index >= 15 is 0 Å². The zero-order valence-corrected chi connectivity index (χ0v) is 15.2. The molecule has 7 nitrogen and oxygen atoms in total. The van der Waals surface area contributed by atoms with Crippen LogP contribution in [0.4, 0.5) is 5.69 Å². The average molecular weight is 357 g/mol. The zero-order valence-electron chi connectivity index (χ0n) is 15.2. The molecule has 1 aromatic carbocycles. The second-order valence-electron chi connectivity index (χ2n) is 7.25. The lowest BCUT2D eigenvalue weighted by atomic mass is 9.76. The summed E-state index contributed by atoms with van der Waals surface area (Å²) < 4.78 is 5.03. The number of aryl methyl sites for hydroxylation is 1.